The molecule has 10 heteroatoms. The smallest absolute Gasteiger partial charge is 0.203 e. The lowest BCUT2D eigenvalue weighted by molar-refractivity contribution is -0.112. The number of ether oxygens (including phenoxy) is 6. The van der Waals surface area contributed by atoms with Crippen LogP contribution in [0.2, 0.25) is 0 Å². The maximum Gasteiger partial charge on any atom is 0.203 e. The Labute approximate surface area is 199 Å². The molecule has 0 saturated heterocycles. The molecule has 2 aromatic rings. The first-order valence-electron chi connectivity index (χ1n) is 9.93. The number of sulfone groups is 1. The van der Waals surface area contributed by atoms with E-state index < -0.39 is 21.4 Å². The third-order valence-corrected chi connectivity index (χ3v) is 5.88. The summed E-state index contributed by atoms with van der Waals surface area (Å²) in [6.07, 6.45) is 4.02. The van der Waals surface area contributed by atoms with Gasteiger partial charge < -0.3 is 28.4 Å². The molecule has 9 nitrogen and oxygen atoms in total. The summed E-state index contributed by atoms with van der Waals surface area (Å²) >= 11 is 0. The van der Waals surface area contributed by atoms with E-state index in [4.69, 9.17) is 28.4 Å². The van der Waals surface area contributed by atoms with Crippen LogP contribution in [-0.4, -0.2) is 62.6 Å². The Morgan fingerprint density at radius 2 is 1.06 bits per heavy atom. The van der Waals surface area contributed by atoms with Crippen molar-refractivity contribution >= 4 is 27.8 Å². The largest absolute Gasteiger partial charge is 0.493 e. The van der Waals surface area contributed by atoms with E-state index in [1.165, 1.54) is 60.9 Å². The summed E-state index contributed by atoms with van der Waals surface area (Å²) in [5, 5.41) is 0.971. The molecular weight excluding hydrogens is 464 g/mol. The van der Waals surface area contributed by atoms with Gasteiger partial charge in [0, 0.05) is 5.41 Å². The number of carbonyl (C=O) groups excluding carboxylic acids is 1. The van der Waals surface area contributed by atoms with Crippen LogP contribution in [0, 0.1) is 0 Å². The van der Waals surface area contributed by atoms with Crippen LogP contribution in [0.25, 0.3) is 12.2 Å². The van der Waals surface area contributed by atoms with Crippen LogP contribution < -0.4 is 28.4 Å². The first-order valence-corrected chi connectivity index (χ1v) is 11.6. The Kier molecular flexibility index (Phi) is 9.37. The van der Waals surface area contributed by atoms with Crippen LogP contribution in [0.1, 0.15) is 11.1 Å². The van der Waals surface area contributed by atoms with Crippen molar-refractivity contribution in [3.8, 4) is 34.5 Å². The fourth-order valence-electron chi connectivity index (χ4n) is 3.06. The van der Waals surface area contributed by atoms with Gasteiger partial charge in [-0.05, 0) is 47.5 Å². The lowest BCUT2D eigenvalue weighted by atomic mass is 10.1. The highest BCUT2D eigenvalue weighted by molar-refractivity contribution is 7.95. The summed E-state index contributed by atoms with van der Waals surface area (Å²) in [4.78, 5) is 12.3. The predicted molar refractivity (Wildman–Crippen MR) is 129 cm³/mol. The van der Waals surface area contributed by atoms with E-state index in [2.05, 4.69) is 0 Å². The molecule has 0 heterocycles. The molecule has 0 N–H and O–H groups in total. The second-order valence-corrected chi connectivity index (χ2v) is 8.71. The van der Waals surface area contributed by atoms with Crippen molar-refractivity contribution in [1.29, 1.82) is 0 Å². The summed E-state index contributed by atoms with van der Waals surface area (Å²) in [5.41, 5.74) is 1.08. The predicted octanol–water partition coefficient (Wildman–Crippen LogP) is 3.41. The van der Waals surface area contributed by atoms with Crippen LogP contribution in [0.3, 0.4) is 0 Å². The standard InChI is InChI=1S/C24H28O9S/c1-28-19-11-16(12-20(29-2)23(19)32-5)7-8-18(25)15-34(26,27)10-9-17-13-21(30-3)24(33-6)22(14-17)31-4/h7-14H,15H2,1-6H3/b8-7-,10-9+. The summed E-state index contributed by atoms with van der Waals surface area (Å²) in [5.74, 6) is 1.08. The van der Waals surface area contributed by atoms with Crippen molar-refractivity contribution in [2.24, 2.45) is 0 Å². The lowest BCUT2D eigenvalue weighted by Crippen LogP contribution is -2.11. The molecule has 0 aliphatic carbocycles. The lowest BCUT2D eigenvalue weighted by Gasteiger charge is -2.12. The van der Waals surface area contributed by atoms with Crippen molar-refractivity contribution in [1.82, 2.24) is 0 Å². The van der Waals surface area contributed by atoms with Crippen molar-refractivity contribution in [3.05, 3.63) is 46.9 Å². The summed E-state index contributed by atoms with van der Waals surface area (Å²) in [7, 11) is 4.98. The molecule has 0 fully saturated rings. The number of allylic oxidation sites excluding steroid dienone is 1. The third kappa shape index (κ3) is 6.67. The molecule has 0 atom stereocenters. The third-order valence-electron chi connectivity index (χ3n) is 4.65. The average molecular weight is 493 g/mol. The first kappa shape index (κ1) is 26.6. The Hall–Kier alpha value is -3.66. The van der Waals surface area contributed by atoms with Crippen LogP contribution in [0.5, 0.6) is 34.5 Å². The Balaban J connectivity index is 2.19. The number of carbonyl (C=O) groups is 1. The second kappa shape index (κ2) is 12.0. The zero-order valence-electron chi connectivity index (χ0n) is 19.9. The molecule has 0 bridgehead atoms. The molecule has 0 aliphatic rings. The average Bonchev–Trinajstić information content (AvgIpc) is 2.84. The first-order chi connectivity index (χ1) is 16.2. The molecular formula is C24H28O9S. The van der Waals surface area contributed by atoms with Crippen molar-refractivity contribution < 1.29 is 41.6 Å². The van der Waals surface area contributed by atoms with Crippen LogP contribution >= 0.6 is 0 Å². The number of benzene rings is 2. The number of hydrogen-bond donors (Lipinski definition) is 0. The van der Waals surface area contributed by atoms with Gasteiger partial charge in [0.1, 0.15) is 5.75 Å². The van der Waals surface area contributed by atoms with Crippen molar-refractivity contribution in [2.75, 3.05) is 48.4 Å². The number of ketones is 1. The molecule has 0 saturated carbocycles. The maximum atomic E-state index is 12.5. The highest BCUT2D eigenvalue weighted by atomic mass is 32.2. The van der Waals surface area contributed by atoms with E-state index in [1.54, 1.807) is 24.3 Å². The number of hydrogen-bond acceptors (Lipinski definition) is 9. The summed E-state index contributed by atoms with van der Waals surface area (Å²) in [6.45, 7) is 0. The molecule has 0 aliphatic heterocycles. The Morgan fingerprint density at radius 1 is 0.676 bits per heavy atom. The van der Waals surface area contributed by atoms with Crippen molar-refractivity contribution in [3.63, 3.8) is 0 Å². The van der Waals surface area contributed by atoms with Crippen LogP contribution in [-0.2, 0) is 14.6 Å². The van der Waals surface area contributed by atoms with E-state index in [1.807, 2.05) is 0 Å². The van der Waals surface area contributed by atoms with Crippen LogP contribution in [0.4, 0.5) is 0 Å². The molecule has 184 valence electrons. The van der Waals surface area contributed by atoms with Gasteiger partial charge in [-0.3, -0.25) is 4.79 Å². The van der Waals surface area contributed by atoms with Gasteiger partial charge in [-0.15, -0.1) is 0 Å². The molecule has 0 radical (unpaired) electrons. The van der Waals surface area contributed by atoms with Gasteiger partial charge in [0.2, 0.25) is 11.5 Å². The highest BCUT2D eigenvalue weighted by Gasteiger charge is 2.15. The minimum Gasteiger partial charge on any atom is -0.493 e. The van der Waals surface area contributed by atoms with Crippen molar-refractivity contribution in [2.45, 2.75) is 0 Å². The number of methoxy groups -OCH3 is 6. The molecule has 0 unspecified atom stereocenters. The minimum atomic E-state index is -3.84. The van der Waals surface area contributed by atoms with Gasteiger partial charge in [-0.25, -0.2) is 8.42 Å². The van der Waals surface area contributed by atoms with Gasteiger partial charge >= 0.3 is 0 Å². The fourth-order valence-corrected chi connectivity index (χ4v) is 4.01. The van der Waals surface area contributed by atoms with E-state index in [-0.39, 0.29) is 0 Å². The zero-order valence-corrected chi connectivity index (χ0v) is 20.7. The van der Waals surface area contributed by atoms with Gasteiger partial charge in [0.05, 0.1) is 42.7 Å². The SMILES string of the molecule is COc1cc(/C=C\C(=O)CS(=O)(=O)/C=C/c2cc(OC)c(OC)c(OC)c2)cc(OC)c1OC. The van der Waals surface area contributed by atoms with E-state index in [0.29, 0.717) is 45.6 Å². The quantitative estimate of drug-likeness (QED) is 0.412. The molecule has 34 heavy (non-hydrogen) atoms. The Bertz CT molecular complexity index is 1130. The van der Waals surface area contributed by atoms with E-state index in [0.717, 1.165) is 5.41 Å². The second-order valence-electron chi connectivity index (χ2n) is 6.83. The number of rotatable bonds is 12. The van der Waals surface area contributed by atoms with Gasteiger partial charge in [0.25, 0.3) is 0 Å². The van der Waals surface area contributed by atoms with Gasteiger partial charge in [-0.2, -0.15) is 0 Å². The molecule has 0 amide bonds. The summed E-state index contributed by atoms with van der Waals surface area (Å²) < 4.78 is 56.5. The highest BCUT2D eigenvalue weighted by Crippen LogP contribution is 2.39. The molecule has 0 spiro atoms. The van der Waals surface area contributed by atoms with Crippen LogP contribution in [0.15, 0.2) is 35.7 Å². The maximum absolute atomic E-state index is 12.5. The van der Waals surface area contributed by atoms with Gasteiger partial charge in [-0.1, -0.05) is 6.08 Å². The van der Waals surface area contributed by atoms with E-state index >= 15 is 0 Å². The summed E-state index contributed by atoms with van der Waals surface area (Å²) in [6, 6.07) is 6.48. The fraction of sp³-hybridized carbons (Fsp3) is 0.292. The van der Waals surface area contributed by atoms with E-state index in [9.17, 15) is 13.2 Å². The topological polar surface area (TPSA) is 107 Å². The monoisotopic (exact) mass is 492 g/mol. The van der Waals surface area contributed by atoms with Gasteiger partial charge in [0.15, 0.2) is 38.6 Å². The zero-order chi connectivity index (χ0) is 25.3. The molecule has 2 aromatic carbocycles. The molecule has 2 rings (SSSR count). The molecule has 0 aromatic heterocycles. The minimum absolute atomic E-state index is 0.378. The normalized spacial score (nSPS) is 11.5. The Morgan fingerprint density at radius 3 is 1.41 bits per heavy atom.